The summed E-state index contributed by atoms with van der Waals surface area (Å²) in [7, 11) is 0. The van der Waals surface area contributed by atoms with Crippen LogP contribution >= 0.6 is 0 Å². The third-order valence-corrected chi connectivity index (χ3v) is 2.37. The molecule has 2 N–H and O–H groups in total. The minimum absolute atomic E-state index is 0.0666. The quantitative estimate of drug-likeness (QED) is 0.611. The van der Waals surface area contributed by atoms with Crippen molar-refractivity contribution in [2.45, 2.75) is 39.0 Å². The van der Waals surface area contributed by atoms with Gasteiger partial charge in [0.25, 0.3) is 0 Å². The molecule has 0 saturated carbocycles. The van der Waals surface area contributed by atoms with Gasteiger partial charge in [0.05, 0.1) is 6.61 Å². The van der Waals surface area contributed by atoms with E-state index < -0.39 is 30.3 Å². The summed E-state index contributed by atoms with van der Waals surface area (Å²) in [6.45, 7) is 4.48. The molecule has 0 spiro atoms. The average Bonchev–Trinajstić information content (AvgIpc) is 2.44. The first-order valence-electron chi connectivity index (χ1n) is 6.79. The SMILES string of the molecule is CC(C)(C)OC(=O)N[C@@H](CO)C(=O)OOCc1ccccc1. The fourth-order valence-corrected chi connectivity index (χ4v) is 1.42. The van der Waals surface area contributed by atoms with Gasteiger partial charge in [-0.1, -0.05) is 30.3 Å². The fourth-order valence-electron chi connectivity index (χ4n) is 1.42. The average molecular weight is 311 g/mol. The van der Waals surface area contributed by atoms with Crippen LogP contribution in [-0.4, -0.2) is 35.4 Å². The standard InChI is InChI=1S/C15H21NO6/c1-15(2,3)21-14(19)16-12(9-17)13(18)22-20-10-11-7-5-4-6-8-11/h4-8,12,17H,9-10H2,1-3H3,(H,16,19)/t12-/m0/s1. The minimum atomic E-state index is -1.26. The Morgan fingerprint density at radius 1 is 1.23 bits per heavy atom. The highest BCUT2D eigenvalue weighted by molar-refractivity contribution is 5.81. The van der Waals surface area contributed by atoms with E-state index in [1.54, 1.807) is 32.9 Å². The van der Waals surface area contributed by atoms with E-state index in [1.165, 1.54) is 0 Å². The Morgan fingerprint density at radius 3 is 2.41 bits per heavy atom. The molecule has 0 bridgehead atoms. The zero-order valence-corrected chi connectivity index (χ0v) is 12.9. The van der Waals surface area contributed by atoms with Crippen molar-refractivity contribution < 1.29 is 29.2 Å². The van der Waals surface area contributed by atoms with Crippen molar-refractivity contribution in [3.8, 4) is 0 Å². The van der Waals surface area contributed by atoms with Crippen molar-refractivity contribution >= 4 is 12.1 Å². The molecule has 122 valence electrons. The number of nitrogens with one attached hydrogen (secondary N) is 1. The number of rotatable bonds is 6. The second-order valence-corrected chi connectivity index (χ2v) is 5.53. The van der Waals surface area contributed by atoms with Gasteiger partial charge in [0.15, 0.2) is 6.04 Å². The van der Waals surface area contributed by atoms with Gasteiger partial charge in [-0.3, -0.25) is 4.89 Å². The first-order chi connectivity index (χ1) is 10.3. The maximum Gasteiger partial charge on any atom is 0.408 e. The number of amides is 1. The normalized spacial score (nSPS) is 12.4. The smallest absolute Gasteiger partial charge is 0.408 e. The maximum atomic E-state index is 11.7. The highest BCUT2D eigenvalue weighted by atomic mass is 17.2. The molecule has 0 fully saturated rings. The van der Waals surface area contributed by atoms with E-state index >= 15 is 0 Å². The minimum Gasteiger partial charge on any atom is -0.444 e. The number of aliphatic hydroxyl groups excluding tert-OH is 1. The van der Waals surface area contributed by atoms with Crippen molar-refractivity contribution in [1.29, 1.82) is 0 Å². The molecular weight excluding hydrogens is 290 g/mol. The van der Waals surface area contributed by atoms with Gasteiger partial charge in [0.1, 0.15) is 12.2 Å². The zero-order valence-electron chi connectivity index (χ0n) is 12.9. The van der Waals surface area contributed by atoms with E-state index in [1.807, 2.05) is 18.2 Å². The lowest BCUT2D eigenvalue weighted by Crippen LogP contribution is -2.46. The van der Waals surface area contributed by atoms with Gasteiger partial charge >= 0.3 is 12.1 Å². The number of aliphatic hydroxyl groups is 1. The maximum absolute atomic E-state index is 11.7. The van der Waals surface area contributed by atoms with Gasteiger partial charge in [0, 0.05) is 0 Å². The molecule has 22 heavy (non-hydrogen) atoms. The third kappa shape index (κ3) is 7.05. The molecular formula is C15H21NO6. The molecule has 0 aliphatic carbocycles. The van der Waals surface area contributed by atoms with Gasteiger partial charge in [-0.25, -0.2) is 9.59 Å². The number of carbonyl (C=O) groups is 2. The lowest BCUT2D eigenvalue weighted by molar-refractivity contribution is -0.282. The predicted octanol–water partition coefficient (Wildman–Crippen LogP) is 1.55. The van der Waals surface area contributed by atoms with Crippen LogP contribution in [0.5, 0.6) is 0 Å². The van der Waals surface area contributed by atoms with Gasteiger partial charge in [-0.15, -0.1) is 0 Å². The summed E-state index contributed by atoms with van der Waals surface area (Å²) < 4.78 is 4.98. The number of benzene rings is 1. The molecule has 1 amide bonds. The van der Waals surface area contributed by atoms with Crippen LogP contribution in [-0.2, 0) is 25.9 Å². The predicted molar refractivity (Wildman–Crippen MR) is 77.6 cm³/mol. The number of hydrogen-bond donors (Lipinski definition) is 2. The number of carbonyl (C=O) groups excluding carboxylic acids is 2. The largest absolute Gasteiger partial charge is 0.444 e. The summed E-state index contributed by atoms with van der Waals surface area (Å²) in [5, 5.41) is 11.3. The third-order valence-electron chi connectivity index (χ3n) is 2.37. The lowest BCUT2D eigenvalue weighted by atomic mass is 10.2. The molecule has 0 aliphatic rings. The summed E-state index contributed by atoms with van der Waals surface area (Å²) in [6, 6.07) is 7.84. The van der Waals surface area contributed by atoms with Gasteiger partial charge in [-0.2, -0.15) is 4.89 Å². The Hall–Kier alpha value is -2.12. The zero-order chi connectivity index (χ0) is 16.6. The topological polar surface area (TPSA) is 94.1 Å². The van der Waals surface area contributed by atoms with Crippen LogP contribution in [0, 0.1) is 0 Å². The summed E-state index contributed by atoms with van der Waals surface area (Å²) in [5.41, 5.74) is 0.105. The van der Waals surface area contributed by atoms with Gasteiger partial charge in [0.2, 0.25) is 0 Å². The van der Waals surface area contributed by atoms with Crippen molar-refractivity contribution in [3.05, 3.63) is 35.9 Å². The van der Waals surface area contributed by atoms with E-state index in [9.17, 15) is 9.59 Å². The van der Waals surface area contributed by atoms with Crippen LogP contribution in [0.1, 0.15) is 26.3 Å². The summed E-state index contributed by atoms with van der Waals surface area (Å²) >= 11 is 0. The molecule has 7 nitrogen and oxygen atoms in total. The van der Waals surface area contributed by atoms with E-state index in [0.29, 0.717) is 0 Å². The van der Waals surface area contributed by atoms with Crippen LogP contribution in [0.25, 0.3) is 0 Å². The van der Waals surface area contributed by atoms with Crippen molar-refractivity contribution in [2.75, 3.05) is 6.61 Å². The van der Waals surface area contributed by atoms with E-state index in [2.05, 4.69) is 10.2 Å². The molecule has 0 heterocycles. The van der Waals surface area contributed by atoms with E-state index in [-0.39, 0.29) is 6.61 Å². The van der Waals surface area contributed by atoms with E-state index in [0.717, 1.165) is 5.56 Å². The summed E-state index contributed by atoms with van der Waals surface area (Å²) in [5.74, 6) is -0.913. The van der Waals surface area contributed by atoms with Crippen LogP contribution < -0.4 is 5.32 Å². The molecule has 0 aliphatic heterocycles. The molecule has 0 unspecified atom stereocenters. The van der Waals surface area contributed by atoms with Crippen molar-refractivity contribution in [2.24, 2.45) is 0 Å². The highest BCUT2D eigenvalue weighted by Gasteiger charge is 2.25. The number of ether oxygens (including phenoxy) is 1. The van der Waals surface area contributed by atoms with Crippen LogP contribution in [0.2, 0.25) is 0 Å². The van der Waals surface area contributed by atoms with Gasteiger partial charge < -0.3 is 15.2 Å². The Bertz CT molecular complexity index is 483. The van der Waals surface area contributed by atoms with Crippen molar-refractivity contribution in [3.63, 3.8) is 0 Å². The van der Waals surface area contributed by atoms with E-state index in [4.69, 9.17) is 14.7 Å². The molecule has 1 rings (SSSR count). The molecule has 0 saturated heterocycles. The monoisotopic (exact) mass is 311 g/mol. The van der Waals surface area contributed by atoms with Crippen LogP contribution in [0.15, 0.2) is 30.3 Å². The Kier molecular flexibility index (Phi) is 6.81. The lowest BCUT2D eigenvalue weighted by Gasteiger charge is -2.21. The molecule has 1 aromatic rings. The second-order valence-electron chi connectivity index (χ2n) is 5.53. The summed E-state index contributed by atoms with van der Waals surface area (Å²) in [4.78, 5) is 32.6. The molecule has 0 radical (unpaired) electrons. The number of alkyl carbamates (subject to hydrolysis) is 1. The van der Waals surface area contributed by atoms with Gasteiger partial charge in [-0.05, 0) is 26.3 Å². The molecule has 0 aromatic heterocycles. The molecule has 1 atom stereocenters. The first-order valence-corrected chi connectivity index (χ1v) is 6.79. The molecule has 7 heteroatoms. The second kappa shape index (κ2) is 8.35. The molecule has 1 aromatic carbocycles. The summed E-state index contributed by atoms with van der Waals surface area (Å²) in [6.07, 6.45) is -0.827. The Balaban J connectivity index is 2.39. The van der Waals surface area contributed by atoms with Crippen LogP contribution in [0.4, 0.5) is 4.79 Å². The number of hydrogen-bond acceptors (Lipinski definition) is 6. The Morgan fingerprint density at radius 2 is 1.86 bits per heavy atom. The first kappa shape index (κ1) is 17.9. The fraction of sp³-hybridized carbons (Fsp3) is 0.467. The van der Waals surface area contributed by atoms with Crippen molar-refractivity contribution in [1.82, 2.24) is 5.32 Å². The highest BCUT2D eigenvalue weighted by Crippen LogP contribution is 2.07. The Labute approximate surface area is 129 Å². The van der Waals surface area contributed by atoms with Crippen LogP contribution in [0.3, 0.4) is 0 Å².